The van der Waals surface area contributed by atoms with Crippen LogP contribution in [0.2, 0.25) is 0 Å². The molecule has 0 radical (unpaired) electrons. The Kier molecular flexibility index (Phi) is 12.4. The van der Waals surface area contributed by atoms with E-state index in [1.54, 1.807) is 0 Å². The maximum absolute atomic E-state index is 13.2. The highest BCUT2D eigenvalue weighted by Crippen LogP contribution is 2.40. The standard InChI is InChI=1S/C22H26N6O10S2.CH4.H2S/c1-22(2)14(20(32)28(22)38-40(33,34)35)8-16(29)18(15-10-39-21(25)26-15)27-37-13(7-17(30)31)9-36-12-5-3-11(4-6-12)19(23)24;;/h3-6,10,13-14H,7-9H2,1-2H3,(H3,23,24)(H2,25,26)(H,30,31)(H,33,34,35);1H4;1H2/b27-18-;;. The number of nitrogens with one attached hydrogen (secondary N) is 1. The molecule has 1 fully saturated rings. The summed E-state index contributed by atoms with van der Waals surface area (Å²) in [5.41, 5.74) is 9.92. The van der Waals surface area contributed by atoms with E-state index in [1.807, 2.05) is 0 Å². The van der Waals surface area contributed by atoms with Crippen LogP contribution < -0.4 is 16.2 Å². The number of aliphatic carboxylic acids is 1. The Morgan fingerprint density at radius 1 is 1.29 bits per heavy atom. The van der Waals surface area contributed by atoms with Crippen LogP contribution in [0.1, 0.15) is 45.4 Å². The van der Waals surface area contributed by atoms with Crippen LogP contribution in [0.5, 0.6) is 5.75 Å². The molecule has 2 heterocycles. The fourth-order valence-electron chi connectivity index (χ4n) is 3.65. The number of ether oxygens (including phenoxy) is 1. The normalized spacial score (nSPS) is 16.7. The molecule has 2 aromatic rings. The maximum atomic E-state index is 13.2. The van der Waals surface area contributed by atoms with Gasteiger partial charge in [-0.3, -0.25) is 24.3 Å². The van der Waals surface area contributed by atoms with Gasteiger partial charge in [-0.15, -0.1) is 15.6 Å². The third-order valence-corrected chi connectivity index (χ3v) is 6.77. The number of carbonyl (C=O) groups excluding carboxylic acids is 2. The molecule has 0 saturated carbocycles. The number of nitrogens with zero attached hydrogens (tertiary/aromatic N) is 3. The molecule has 1 aliphatic heterocycles. The zero-order valence-electron chi connectivity index (χ0n) is 21.6. The van der Waals surface area contributed by atoms with E-state index < -0.39 is 58.5 Å². The fourth-order valence-corrected chi connectivity index (χ4v) is 4.66. The van der Waals surface area contributed by atoms with Crippen molar-refractivity contribution in [1.29, 1.82) is 5.41 Å². The minimum Gasteiger partial charge on any atom is -0.490 e. The minimum absolute atomic E-state index is 0. The lowest BCUT2D eigenvalue weighted by Crippen LogP contribution is -2.68. The number of thiazole rings is 1. The lowest BCUT2D eigenvalue weighted by molar-refractivity contribution is -0.228. The van der Waals surface area contributed by atoms with Gasteiger partial charge in [-0.2, -0.15) is 27.0 Å². The SMILES string of the molecule is C.CC1(C)C(CC(=O)/C(=N\OC(COc2ccc(C(=N)N)cc2)CC(=O)O)c2csc(N)n2)C(=O)N1OS(=O)(=O)O.S. The summed E-state index contributed by atoms with van der Waals surface area (Å²) in [6.45, 7) is 2.57. The van der Waals surface area contributed by atoms with E-state index >= 15 is 0 Å². The zero-order chi connectivity index (χ0) is 29.8. The number of amidine groups is 1. The molecule has 42 heavy (non-hydrogen) atoms. The summed E-state index contributed by atoms with van der Waals surface area (Å²) in [6, 6.07) is 6.13. The zero-order valence-corrected chi connectivity index (χ0v) is 24.3. The van der Waals surface area contributed by atoms with Crippen molar-refractivity contribution in [2.75, 3.05) is 12.3 Å². The third kappa shape index (κ3) is 9.11. The molecule has 7 N–H and O–H groups in total. The smallest absolute Gasteiger partial charge is 0.418 e. The third-order valence-electron chi connectivity index (χ3n) is 5.76. The monoisotopic (exact) mass is 648 g/mol. The quantitative estimate of drug-likeness (QED) is 0.0637. The van der Waals surface area contributed by atoms with Crippen molar-refractivity contribution < 1.29 is 46.3 Å². The van der Waals surface area contributed by atoms with E-state index in [1.165, 1.54) is 43.5 Å². The number of carbonyl (C=O) groups is 3. The average molecular weight is 649 g/mol. The summed E-state index contributed by atoms with van der Waals surface area (Å²) in [5.74, 6) is -3.71. The predicted molar refractivity (Wildman–Crippen MR) is 157 cm³/mol. The van der Waals surface area contributed by atoms with Crippen molar-refractivity contribution in [2.24, 2.45) is 16.8 Å². The van der Waals surface area contributed by atoms with Crippen molar-refractivity contribution in [3.05, 3.63) is 40.9 Å². The number of benzene rings is 1. The van der Waals surface area contributed by atoms with Gasteiger partial charge in [0.25, 0.3) is 5.91 Å². The number of carboxylic acids is 1. The fraction of sp³-hybridized carbons (Fsp3) is 0.391. The number of hydrogen-bond donors (Lipinski definition) is 5. The van der Waals surface area contributed by atoms with Crippen LogP contribution in [0, 0.1) is 11.3 Å². The van der Waals surface area contributed by atoms with Gasteiger partial charge in [-0.05, 0) is 38.1 Å². The maximum Gasteiger partial charge on any atom is 0.418 e. The van der Waals surface area contributed by atoms with Crippen LogP contribution >= 0.6 is 24.8 Å². The van der Waals surface area contributed by atoms with Crippen molar-refractivity contribution >= 4 is 69.6 Å². The van der Waals surface area contributed by atoms with E-state index in [-0.39, 0.29) is 49.9 Å². The average Bonchev–Trinajstić information content (AvgIpc) is 3.29. The number of hydrogen-bond acceptors (Lipinski definition) is 13. The molecule has 1 amide bonds. The largest absolute Gasteiger partial charge is 0.490 e. The number of hydroxylamine groups is 2. The van der Waals surface area contributed by atoms with E-state index in [0.717, 1.165) is 11.3 Å². The number of oxime groups is 1. The molecule has 1 saturated heterocycles. The van der Waals surface area contributed by atoms with E-state index in [9.17, 15) is 27.9 Å². The van der Waals surface area contributed by atoms with Crippen LogP contribution in [0.4, 0.5) is 5.13 Å². The Bertz CT molecular complexity index is 1440. The number of Topliss-reactive ketones (excluding diaryl/α,β-unsaturated/α-hetero) is 1. The van der Waals surface area contributed by atoms with E-state index in [2.05, 4.69) is 14.4 Å². The highest BCUT2D eigenvalue weighted by atomic mass is 32.3. The highest BCUT2D eigenvalue weighted by Gasteiger charge is 2.57. The lowest BCUT2D eigenvalue weighted by Gasteiger charge is -2.50. The molecule has 1 aromatic heterocycles. The van der Waals surface area contributed by atoms with Crippen molar-refractivity contribution in [2.45, 2.75) is 45.8 Å². The minimum atomic E-state index is -4.98. The van der Waals surface area contributed by atoms with Gasteiger partial charge in [-0.25, -0.2) is 4.98 Å². The van der Waals surface area contributed by atoms with Crippen LogP contribution in [0.15, 0.2) is 34.8 Å². The van der Waals surface area contributed by atoms with E-state index in [4.69, 9.17) is 31.0 Å². The number of rotatable bonds is 14. The van der Waals surface area contributed by atoms with Gasteiger partial charge in [-0.1, -0.05) is 12.6 Å². The number of β-lactam (4-membered cyclic amide) rings is 1. The Morgan fingerprint density at radius 2 is 1.90 bits per heavy atom. The van der Waals surface area contributed by atoms with Gasteiger partial charge < -0.3 is 26.1 Å². The second kappa shape index (κ2) is 14.4. The number of amides is 1. The van der Waals surface area contributed by atoms with Gasteiger partial charge in [0.05, 0.1) is 17.9 Å². The van der Waals surface area contributed by atoms with Crippen LogP contribution in [-0.4, -0.2) is 75.6 Å². The molecule has 16 nitrogen and oxygen atoms in total. The first-order valence-electron chi connectivity index (χ1n) is 11.4. The first-order valence-corrected chi connectivity index (χ1v) is 13.6. The van der Waals surface area contributed by atoms with Crippen LogP contribution in [-0.2, 0) is 33.9 Å². The molecule has 2 atom stereocenters. The number of aromatic nitrogens is 1. The Hall–Kier alpha value is -3.78. The lowest BCUT2D eigenvalue weighted by atomic mass is 9.74. The first-order chi connectivity index (χ1) is 18.6. The van der Waals surface area contributed by atoms with Crippen molar-refractivity contribution in [3.63, 3.8) is 0 Å². The highest BCUT2D eigenvalue weighted by molar-refractivity contribution is 7.80. The summed E-state index contributed by atoms with van der Waals surface area (Å²) in [6.07, 6.45) is -2.19. The topological polar surface area (TPSA) is 258 Å². The van der Waals surface area contributed by atoms with Crippen molar-refractivity contribution in [1.82, 2.24) is 10.0 Å². The Morgan fingerprint density at radius 3 is 2.38 bits per heavy atom. The van der Waals surface area contributed by atoms with Gasteiger partial charge in [0, 0.05) is 17.4 Å². The molecule has 1 aromatic carbocycles. The van der Waals surface area contributed by atoms with Crippen molar-refractivity contribution in [3.8, 4) is 5.75 Å². The summed E-state index contributed by atoms with van der Waals surface area (Å²) in [7, 11) is -4.98. The van der Waals surface area contributed by atoms with Gasteiger partial charge in [0.15, 0.2) is 22.7 Å². The van der Waals surface area contributed by atoms with Crippen LogP contribution in [0.3, 0.4) is 0 Å². The number of nitrogens with two attached hydrogens (primary N) is 2. The van der Waals surface area contributed by atoms with Gasteiger partial charge >= 0.3 is 16.4 Å². The van der Waals surface area contributed by atoms with E-state index in [0.29, 0.717) is 16.4 Å². The number of anilines is 1. The summed E-state index contributed by atoms with van der Waals surface area (Å²) >= 11 is 0.997. The number of nitrogen functional groups attached to an aromatic ring is 2. The van der Waals surface area contributed by atoms with Crippen LogP contribution in [0.25, 0.3) is 0 Å². The Balaban J connectivity index is 0.00000441. The molecule has 0 bridgehead atoms. The molecule has 3 rings (SSSR count). The first kappa shape index (κ1) is 36.2. The van der Waals surface area contributed by atoms with Gasteiger partial charge in [0.1, 0.15) is 23.9 Å². The summed E-state index contributed by atoms with van der Waals surface area (Å²) < 4.78 is 40.9. The molecule has 0 spiro atoms. The molecular weight excluding hydrogens is 616 g/mol. The Labute approximate surface area is 252 Å². The second-order valence-electron chi connectivity index (χ2n) is 9.05. The number of carboxylic acid groups (broad SMARTS) is 1. The molecule has 1 aliphatic rings. The molecule has 19 heteroatoms. The predicted octanol–water partition coefficient (Wildman–Crippen LogP) is 1.33. The summed E-state index contributed by atoms with van der Waals surface area (Å²) in [5, 5.41) is 22.5. The van der Waals surface area contributed by atoms with Gasteiger partial charge in [0.2, 0.25) is 0 Å². The second-order valence-corrected chi connectivity index (χ2v) is 10.9. The molecule has 0 aliphatic carbocycles. The molecule has 232 valence electrons. The number of ketones is 1. The summed E-state index contributed by atoms with van der Waals surface area (Å²) in [4.78, 5) is 46.5. The molecular formula is C23H32N6O10S3. The molecule has 2 unspecified atom stereocenters.